The van der Waals surface area contributed by atoms with Gasteiger partial charge < -0.3 is 5.73 Å². The van der Waals surface area contributed by atoms with Crippen molar-refractivity contribution in [3.05, 3.63) is 23.2 Å². The van der Waals surface area contributed by atoms with Crippen molar-refractivity contribution in [1.29, 1.82) is 0 Å². The van der Waals surface area contributed by atoms with Crippen molar-refractivity contribution in [2.45, 2.75) is 36.3 Å². The second-order valence-electron chi connectivity index (χ2n) is 4.60. The molecule has 1 aromatic carbocycles. The minimum absolute atomic E-state index is 0.0783. The lowest BCUT2D eigenvalue weighted by atomic mass is 10.0. The molecule has 0 amide bonds. The maximum Gasteiger partial charge on any atom is 0.240 e. The molecule has 20 heavy (non-hydrogen) atoms. The van der Waals surface area contributed by atoms with Crippen molar-refractivity contribution in [3.8, 4) is 0 Å². The van der Waals surface area contributed by atoms with E-state index in [1.165, 1.54) is 18.2 Å². The Hall–Kier alpha value is -0.430. The number of nitrogens with one attached hydrogen (secondary N) is 1. The van der Waals surface area contributed by atoms with E-state index in [0.717, 1.165) is 12.8 Å². The van der Waals surface area contributed by atoms with E-state index in [1.807, 2.05) is 6.26 Å². The Labute approximate surface area is 130 Å². The monoisotopic (exact) mass is 336 g/mol. The second kappa shape index (κ2) is 7.02. The number of anilines is 1. The summed E-state index contributed by atoms with van der Waals surface area (Å²) in [5.74, 6) is 0. The van der Waals surface area contributed by atoms with Gasteiger partial charge in [-0.15, -0.1) is 0 Å². The average molecular weight is 337 g/mol. The maximum atomic E-state index is 12.3. The molecule has 0 saturated carbocycles. The molecule has 0 aliphatic rings. The van der Waals surface area contributed by atoms with Crippen LogP contribution in [0.5, 0.6) is 0 Å². The molecule has 4 nitrogen and oxygen atoms in total. The van der Waals surface area contributed by atoms with Crippen LogP contribution in [-0.2, 0) is 10.0 Å². The molecule has 0 aliphatic heterocycles. The highest BCUT2D eigenvalue weighted by molar-refractivity contribution is 8.00. The molecule has 7 heteroatoms. The van der Waals surface area contributed by atoms with Crippen molar-refractivity contribution in [2.75, 3.05) is 18.5 Å². The number of halogens is 1. The lowest BCUT2D eigenvalue weighted by Gasteiger charge is -2.29. The van der Waals surface area contributed by atoms with Crippen molar-refractivity contribution < 1.29 is 8.42 Å². The molecule has 0 aliphatic carbocycles. The van der Waals surface area contributed by atoms with E-state index >= 15 is 0 Å². The Bertz CT molecular complexity index is 549. The molecule has 0 unspecified atom stereocenters. The van der Waals surface area contributed by atoms with Gasteiger partial charge in [-0.3, -0.25) is 0 Å². The number of hydrogen-bond donors (Lipinski definition) is 2. The van der Waals surface area contributed by atoms with Gasteiger partial charge in [0.2, 0.25) is 10.0 Å². The van der Waals surface area contributed by atoms with E-state index in [1.54, 1.807) is 11.8 Å². The minimum Gasteiger partial charge on any atom is -0.397 e. The van der Waals surface area contributed by atoms with Crippen LogP contribution in [0.1, 0.15) is 26.7 Å². The van der Waals surface area contributed by atoms with E-state index in [-0.39, 0.29) is 15.3 Å². The van der Waals surface area contributed by atoms with Crippen LogP contribution in [0.15, 0.2) is 23.1 Å². The topological polar surface area (TPSA) is 72.2 Å². The van der Waals surface area contributed by atoms with Gasteiger partial charge in [0.15, 0.2) is 0 Å². The van der Waals surface area contributed by atoms with E-state index in [2.05, 4.69) is 18.6 Å². The quantitative estimate of drug-likeness (QED) is 0.750. The molecule has 0 heterocycles. The predicted octanol–water partition coefficient (Wildman–Crippen LogP) is 3.12. The van der Waals surface area contributed by atoms with Crippen LogP contribution in [-0.4, -0.2) is 26.0 Å². The Morgan fingerprint density at radius 1 is 1.35 bits per heavy atom. The number of sulfonamides is 1. The van der Waals surface area contributed by atoms with Gasteiger partial charge in [0.1, 0.15) is 0 Å². The molecule has 0 saturated heterocycles. The van der Waals surface area contributed by atoms with Crippen LogP contribution in [0.25, 0.3) is 0 Å². The Balaban J connectivity index is 2.92. The lowest BCUT2D eigenvalue weighted by molar-refractivity contribution is 0.522. The van der Waals surface area contributed by atoms with Crippen LogP contribution in [0.3, 0.4) is 0 Å². The molecule has 114 valence electrons. The van der Waals surface area contributed by atoms with Crippen molar-refractivity contribution in [2.24, 2.45) is 0 Å². The van der Waals surface area contributed by atoms with E-state index in [9.17, 15) is 8.42 Å². The van der Waals surface area contributed by atoms with Gasteiger partial charge in [0, 0.05) is 11.3 Å². The van der Waals surface area contributed by atoms with Gasteiger partial charge in [-0.05, 0) is 37.3 Å². The molecule has 0 atom stereocenters. The van der Waals surface area contributed by atoms with Crippen molar-refractivity contribution in [1.82, 2.24) is 4.72 Å². The molecule has 1 aromatic rings. The fraction of sp³-hybridized carbons (Fsp3) is 0.538. The second-order valence-corrected chi connectivity index (χ2v) is 8.05. The van der Waals surface area contributed by atoms with Crippen LogP contribution in [0.2, 0.25) is 5.02 Å². The van der Waals surface area contributed by atoms with Crippen LogP contribution in [0, 0.1) is 0 Å². The van der Waals surface area contributed by atoms with Crippen molar-refractivity contribution in [3.63, 3.8) is 0 Å². The zero-order chi connectivity index (χ0) is 15.4. The Morgan fingerprint density at radius 2 is 1.95 bits per heavy atom. The molecular weight excluding hydrogens is 316 g/mol. The summed E-state index contributed by atoms with van der Waals surface area (Å²) >= 11 is 7.49. The zero-order valence-electron chi connectivity index (χ0n) is 11.9. The summed E-state index contributed by atoms with van der Waals surface area (Å²) in [7, 11) is -3.56. The third kappa shape index (κ3) is 4.04. The number of benzene rings is 1. The molecule has 0 bridgehead atoms. The summed E-state index contributed by atoms with van der Waals surface area (Å²) in [6, 6.07) is 4.33. The maximum absolute atomic E-state index is 12.3. The Morgan fingerprint density at radius 3 is 2.40 bits per heavy atom. The highest BCUT2D eigenvalue weighted by Crippen LogP contribution is 2.30. The third-order valence-corrected chi connectivity index (χ3v) is 6.91. The van der Waals surface area contributed by atoms with Gasteiger partial charge in [0.25, 0.3) is 0 Å². The molecule has 0 aromatic heterocycles. The SMILES string of the molecule is CCC(CC)(CNS(=O)(=O)c1ccc(Cl)c(N)c1)SC. The molecule has 0 fully saturated rings. The Kier molecular flexibility index (Phi) is 6.19. The standard InChI is InChI=1S/C13H21ClN2O2S2/c1-4-13(5-2,19-3)9-16-20(17,18)10-6-7-11(14)12(15)8-10/h6-8,16H,4-5,9,15H2,1-3H3. The number of rotatable bonds is 7. The van der Waals surface area contributed by atoms with Gasteiger partial charge in [-0.2, -0.15) is 11.8 Å². The fourth-order valence-electron chi connectivity index (χ4n) is 1.86. The summed E-state index contributed by atoms with van der Waals surface area (Å²) < 4.78 is 27.1. The summed E-state index contributed by atoms with van der Waals surface area (Å²) in [4.78, 5) is 0.140. The van der Waals surface area contributed by atoms with Gasteiger partial charge in [-0.25, -0.2) is 13.1 Å². The number of nitrogen functional groups attached to an aromatic ring is 1. The first-order chi connectivity index (χ1) is 9.30. The summed E-state index contributed by atoms with van der Waals surface area (Å²) in [5.41, 5.74) is 5.91. The van der Waals surface area contributed by atoms with E-state index in [0.29, 0.717) is 11.6 Å². The van der Waals surface area contributed by atoms with Gasteiger partial charge in [-0.1, -0.05) is 25.4 Å². The van der Waals surface area contributed by atoms with Crippen LogP contribution >= 0.6 is 23.4 Å². The van der Waals surface area contributed by atoms with Crippen LogP contribution < -0.4 is 10.5 Å². The van der Waals surface area contributed by atoms with Gasteiger partial charge >= 0.3 is 0 Å². The largest absolute Gasteiger partial charge is 0.397 e. The first kappa shape index (κ1) is 17.6. The lowest BCUT2D eigenvalue weighted by Crippen LogP contribution is -2.39. The third-order valence-electron chi connectivity index (χ3n) is 3.58. The fourth-order valence-corrected chi connectivity index (χ4v) is 4.02. The summed E-state index contributed by atoms with van der Waals surface area (Å²) in [5, 5.41) is 0.351. The summed E-state index contributed by atoms with van der Waals surface area (Å²) in [6.45, 7) is 4.52. The molecule has 1 rings (SSSR count). The number of thioether (sulfide) groups is 1. The van der Waals surface area contributed by atoms with Gasteiger partial charge in [0.05, 0.1) is 15.6 Å². The first-order valence-corrected chi connectivity index (χ1v) is 9.48. The highest BCUT2D eigenvalue weighted by atomic mass is 35.5. The zero-order valence-corrected chi connectivity index (χ0v) is 14.3. The molecule has 0 spiro atoms. The predicted molar refractivity (Wildman–Crippen MR) is 87.9 cm³/mol. The minimum atomic E-state index is -3.56. The smallest absolute Gasteiger partial charge is 0.240 e. The molecular formula is C13H21ClN2O2S2. The normalized spacial score (nSPS) is 12.6. The van der Waals surface area contributed by atoms with E-state index in [4.69, 9.17) is 17.3 Å². The highest BCUT2D eigenvalue weighted by Gasteiger charge is 2.27. The number of nitrogens with two attached hydrogens (primary N) is 1. The molecule has 3 N–H and O–H groups in total. The first-order valence-electron chi connectivity index (χ1n) is 6.40. The number of hydrogen-bond acceptors (Lipinski definition) is 4. The van der Waals surface area contributed by atoms with Crippen molar-refractivity contribution >= 4 is 39.1 Å². The van der Waals surface area contributed by atoms with Crippen LogP contribution in [0.4, 0.5) is 5.69 Å². The summed E-state index contributed by atoms with van der Waals surface area (Å²) in [6.07, 6.45) is 3.80. The van der Waals surface area contributed by atoms with E-state index < -0.39 is 10.0 Å². The average Bonchev–Trinajstić information content (AvgIpc) is 2.44. The molecule has 0 radical (unpaired) electrons.